The summed E-state index contributed by atoms with van der Waals surface area (Å²) in [6.07, 6.45) is 6.58. The molecule has 4 rings (SSSR count). The monoisotopic (exact) mass is 406 g/mol. The first kappa shape index (κ1) is 19.9. The molecule has 30 heavy (non-hydrogen) atoms. The zero-order valence-corrected chi connectivity index (χ0v) is 17.3. The Morgan fingerprint density at radius 3 is 2.40 bits per heavy atom. The molecule has 3 aromatic rings. The SMILES string of the molecule is COc1cccc(OC)c1C1CCCCC(=O)N1Cc1cccc(-n2nccn2)c1. The maximum atomic E-state index is 13.1. The van der Waals surface area contributed by atoms with Gasteiger partial charge in [-0.2, -0.15) is 15.0 Å². The van der Waals surface area contributed by atoms with Gasteiger partial charge in [-0.15, -0.1) is 0 Å². The van der Waals surface area contributed by atoms with Crippen LogP contribution in [0.4, 0.5) is 0 Å². The van der Waals surface area contributed by atoms with Gasteiger partial charge >= 0.3 is 0 Å². The molecular weight excluding hydrogens is 380 g/mol. The van der Waals surface area contributed by atoms with Crippen molar-refractivity contribution < 1.29 is 14.3 Å². The number of carbonyl (C=O) groups excluding carboxylic acids is 1. The summed E-state index contributed by atoms with van der Waals surface area (Å²) in [7, 11) is 3.31. The van der Waals surface area contributed by atoms with Gasteiger partial charge in [-0.05, 0) is 42.7 Å². The first-order chi connectivity index (χ1) is 14.7. The number of hydrogen-bond donors (Lipinski definition) is 0. The zero-order chi connectivity index (χ0) is 20.9. The Bertz CT molecular complexity index is 981. The van der Waals surface area contributed by atoms with Gasteiger partial charge in [-0.1, -0.05) is 24.6 Å². The van der Waals surface area contributed by atoms with E-state index in [1.807, 2.05) is 47.4 Å². The molecule has 1 unspecified atom stereocenters. The van der Waals surface area contributed by atoms with Crippen molar-refractivity contribution in [1.82, 2.24) is 19.9 Å². The van der Waals surface area contributed by atoms with E-state index in [2.05, 4.69) is 10.2 Å². The quantitative estimate of drug-likeness (QED) is 0.620. The van der Waals surface area contributed by atoms with E-state index >= 15 is 0 Å². The predicted octanol–water partition coefficient (Wildman–Crippen LogP) is 3.93. The number of carbonyl (C=O) groups is 1. The number of rotatable bonds is 6. The van der Waals surface area contributed by atoms with Crippen LogP contribution in [0, 0.1) is 0 Å². The number of ether oxygens (including phenoxy) is 2. The third-order valence-corrected chi connectivity index (χ3v) is 5.53. The summed E-state index contributed by atoms with van der Waals surface area (Å²) in [6.45, 7) is 0.500. The Balaban J connectivity index is 1.71. The van der Waals surface area contributed by atoms with Gasteiger partial charge in [0, 0.05) is 13.0 Å². The molecule has 0 bridgehead atoms. The average Bonchev–Trinajstić information content (AvgIpc) is 3.26. The zero-order valence-electron chi connectivity index (χ0n) is 17.3. The standard InChI is InChI=1S/C23H26N4O3/c1-29-20-10-6-11-21(30-2)23(20)19-9-3-4-12-22(28)26(19)16-17-7-5-8-18(15-17)27-24-13-14-25-27/h5-8,10-11,13-15,19H,3-4,9,12,16H2,1-2H3. The summed E-state index contributed by atoms with van der Waals surface area (Å²) in [5.74, 6) is 1.63. The van der Waals surface area contributed by atoms with E-state index < -0.39 is 0 Å². The van der Waals surface area contributed by atoms with Crippen molar-refractivity contribution in [3.63, 3.8) is 0 Å². The van der Waals surface area contributed by atoms with Gasteiger partial charge < -0.3 is 14.4 Å². The minimum atomic E-state index is -0.113. The maximum absolute atomic E-state index is 13.1. The smallest absolute Gasteiger partial charge is 0.223 e. The Labute approximate surface area is 176 Å². The highest BCUT2D eigenvalue weighted by Crippen LogP contribution is 2.42. The van der Waals surface area contributed by atoms with E-state index in [1.165, 1.54) is 0 Å². The number of nitrogens with zero attached hydrogens (tertiary/aromatic N) is 4. The fourth-order valence-corrected chi connectivity index (χ4v) is 4.12. The number of amides is 1. The molecule has 0 N–H and O–H groups in total. The molecule has 2 heterocycles. The third-order valence-electron chi connectivity index (χ3n) is 5.53. The molecule has 0 saturated carbocycles. The summed E-state index contributed by atoms with van der Waals surface area (Å²) in [5.41, 5.74) is 2.83. The molecule has 0 aliphatic carbocycles. The Hall–Kier alpha value is -3.35. The molecule has 1 atom stereocenters. The Morgan fingerprint density at radius 2 is 1.70 bits per heavy atom. The lowest BCUT2D eigenvalue weighted by molar-refractivity contribution is -0.133. The van der Waals surface area contributed by atoms with Crippen LogP contribution in [0.1, 0.15) is 42.9 Å². The van der Waals surface area contributed by atoms with Crippen LogP contribution < -0.4 is 9.47 Å². The fraction of sp³-hybridized carbons (Fsp3) is 0.348. The van der Waals surface area contributed by atoms with Gasteiger partial charge in [0.25, 0.3) is 0 Å². The van der Waals surface area contributed by atoms with E-state index in [0.717, 1.165) is 47.6 Å². The predicted molar refractivity (Wildman–Crippen MR) is 113 cm³/mol. The lowest BCUT2D eigenvalue weighted by atomic mass is 9.98. The Kier molecular flexibility index (Phi) is 5.97. The lowest BCUT2D eigenvalue weighted by Crippen LogP contribution is -2.33. The van der Waals surface area contributed by atoms with Crippen molar-refractivity contribution in [3.8, 4) is 17.2 Å². The minimum absolute atomic E-state index is 0.113. The fourth-order valence-electron chi connectivity index (χ4n) is 4.12. The van der Waals surface area contributed by atoms with Gasteiger partial charge in [0.15, 0.2) is 0 Å². The molecule has 7 heteroatoms. The molecule has 0 radical (unpaired) electrons. The second-order valence-corrected chi connectivity index (χ2v) is 7.35. The number of hydrogen-bond acceptors (Lipinski definition) is 5. The molecule has 1 aliphatic heterocycles. The van der Waals surface area contributed by atoms with Crippen LogP contribution in [0.25, 0.3) is 5.69 Å². The average molecular weight is 406 g/mol. The molecule has 2 aromatic carbocycles. The maximum Gasteiger partial charge on any atom is 0.223 e. The van der Waals surface area contributed by atoms with E-state index in [0.29, 0.717) is 13.0 Å². The van der Waals surface area contributed by atoms with Crippen molar-refractivity contribution in [2.75, 3.05) is 14.2 Å². The molecule has 0 spiro atoms. The molecule has 7 nitrogen and oxygen atoms in total. The summed E-state index contributed by atoms with van der Waals surface area (Å²) >= 11 is 0. The van der Waals surface area contributed by atoms with E-state index in [4.69, 9.17) is 9.47 Å². The number of benzene rings is 2. The second kappa shape index (κ2) is 8.98. The van der Waals surface area contributed by atoms with Gasteiger partial charge in [0.05, 0.1) is 43.9 Å². The Morgan fingerprint density at radius 1 is 1.00 bits per heavy atom. The third kappa shape index (κ3) is 4.01. The van der Waals surface area contributed by atoms with E-state index in [1.54, 1.807) is 31.4 Å². The minimum Gasteiger partial charge on any atom is -0.496 e. The number of aromatic nitrogens is 3. The first-order valence-corrected chi connectivity index (χ1v) is 10.2. The van der Waals surface area contributed by atoms with Crippen molar-refractivity contribution in [3.05, 3.63) is 66.0 Å². The van der Waals surface area contributed by atoms with Crippen LogP contribution in [0.3, 0.4) is 0 Å². The van der Waals surface area contributed by atoms with Crippen molar-refractivity contribution in [1.29, 1.82) is 0 Å². The molecular formula is C23H26N4O3. The van der Waals surface area contributed by atoms with Crippen LogP contribution in [-0.4, -0.2) is 40.0 Å². The van der Waals surface area contributed by atoms with Crippen LogP contribution >= 0.6 is 0 Å². The van der Waals surface area contributed by atoms with E-state index in [-0.39, 0.29) is 11.9 Å². The van der Waals surface area contributed by atoms with E-state index in [9.17, 15) is 4.79 Å². The second-order valence-electron chi connectivity index (χ2n) is 7.35. The van der Waals surface area contributed by atoms with Crippen LogP contribution in [0.15, 0.2) is 54.9 Å². The molecule has 1 aromatic heterocycles. The van der Waals surface area contributed by atoms with Crippen molar-refractivity contribution >= 4 is 5.91 Å². The highest BCUT2D eigenvalue weighted by atomic mass is 16.5. The molecule has 1 aliphatic rings. The van der Waals surface area contributed by atoms with Gasteiger partial charge in [0.1, 0.15) is 11.5 Å². The molecule has 1 amide bonds. The first-order valence-electron chi connectivity index (χ1n) is 10.2. The summed E-state index contributed by atoms with van der Waals surface area (Å²) in [4.78, 5) is 16.7. The van der Waals surface area contributed by atoms with Gasteiger partial charge in [-0.3, -0.25) is 4.79 Å². The van der Waals surface area contributed by atoms with Gasteiger partial charge in [-0.25, -0.2) is 0 Å². The van der Waals surface area contributed by atoms with Crippen LogP contribution in [0.5, 0.6) is 11.5 Å². The summed E-state index contributed by atoms with van der Waals surface area (Å²) in [6, 6.07) is 13.6. The molecule has 156 valence electrons. The van der Waals surface area contributed by atoms with Crippen molar-refractivity contribution in [2.24, 2.45) is 0 Å². The van der Waals surface area contributed by atoms with Crippen LogP contribution in [-0.2, 0) is 11.3 Å². The highest BCUT2D eigenvalue weighted by Gasteiger charge is 2.32. The summed E-state index contributed by atoms with van der Waals surface area (Å²) < 4.78 is 11.3. The lowest BCUT2D eigenvalue weighted by Gasteiger charge is -2.32. The van der Waals surface area contributed by atoms with Crippen molar-refractivity contribution in [2.45, 2.75) is 38.3 Å². The molecule has 1 fully saturated rings. The molecule has 1 saturated heterocycles. The van der Waals surface area contributed by atoms with Crippen LogP contribution in [0.2, 0.25) is 0 Å². The highest BCUT2D eigenvalue weighted by molar-refractivity contribution is 5.77. The normalized spacial score (nSPS) is 16.9. The topological polar surface area (TPSA) is 69.5 Å². The van der Waals surface area contributed by atoms with Gasteiger partial charge in [0.2, 0.25) is 5.91 Å². The summed E-state index contributed by atoms with van der Waals surface area (Å²) in [5, 5.41) is 8.41. The largest absolute Gasteiger partial charge is 0.496 e. The number of likely N-dealkylation sites (tertiary alicyclic amines) is 1. The number of methoxy groups -OCH3 is 2.